The first-order valence-corrected chi connectivity index (χ1v) is 7.34. The van der Waals surface area contributed by atoms with E-state index < -0.39 is 0 Å². The highest BCUT2D eigenvalue weighted by atomic mass is 16.5. The fraction of sp³-hybridized carbons (Fsp3) is 0.929. The molecule has 2 saturated heterocycles. The van der Waals surface area contributed by atoms with Crippen LogP contribution in [0.2, 0.25) is 0 Å². The molecule has 0 aromatic heterocycles. The van der Waals surface area contributed by atoms with E-state index in [0.717, 1.165) is 6.04 Å². The average Bonchev–Trinajstić information content (AvgIpc) is 2.76. The van der Waals surface area contributed by atoms with Gasteiger partial charge in [-0.05, 0) is 52.6 Å². The Morgan fingerprint density at radius 1 is 1.44 bits per heavy atom. The van der Waals surface area contributed by atoms with Crippen molar-refractivity contribution in [3.05, 3.63) is 0 Å². The minimum absolute atomic E-state index is 0.0872. The van der Waals surface area contributed by atoms with Crippen LogP contribution in [0.5, 0.6) is 0 Å². The maximum atomic E-state index is 11.4. The lowest BCUT2D eigenvalue weighted by molar-refractivity contribution is -0.143. The molecule has 4 heteroatoms. The number of fused-ring (bicyclic) bond motifs is 1. The predicted octanol–water partition coefficient (Wildman–Crippen LogP) is 1.54. The van der Waals surface area contributed by atoms with Crippen molar-refractivity contribution in [2.45, 2.75) is 64.1 Å². The summed E-state index contributed by atoms with van der Waals surface area (Å²) in [7, 11) is 0. The summed E-state index contributed by atoms with van der Waals surface area (Å²) in [6.45, 7) is 6.92. The van der Waals surface area contributed by atoms with Crippen LogP contribution in [0.25, 0.3) is 0 Å². The van der Waals surface area contributed by atoms with E-state index in [1.54, 1.807) is 0 Å². The number of ether oxygens (including phenoxy) is 1. The normalized spacial score (nSPS) is 29.9. The Balaban J connectivity index is 1.71. The third-order valence-electron chi connectivity index (χ3n) is 4.12. The first-order valence-electron chi connectivity index (χ1n) is 7.34. The molecule has 18 heavy (non-hydrogen) atoms. The smallest absolute Gasteiger partial charge is 0.307 e. The van der Waals surface area contributed by atoms with Crippen molar-refractivity contribution in [2.24, 2.45) is 0 Å². The van der Waals surface area contributed by atoms with Crippen molar-refractivity contribution in [1.29, 1.82) is 0 Å². The highest BCUT2D eigenvalue weighted by molar-refractivity contribution is 5.70. The molecule has 1 N–H and O–H groups in total. The van der Waals surface area contributed by atoms with Crippen molar-refractivity contribution < 1.29 is 9.53 Å². The Bertz CT molecular complexity index is 283. The summed E-state index contributed by atoms with van der Waals surface area (Å²) in [6, 6.07) is 1.59. The van der Waals surface area contributed by atoms with Crippen LogP contribution < -0.4 is 5.32 Å². The molecule has 3 atom stereocenters. The van der Waals surface area contributed by atoms with Crippen molar-refractivity contribution in [1.82, 2.24) is 10.2 Å². The third-order valence-corrected chi connectivity index (χ3v) is 4.12. The third kappa shape index (κ3) is 3.69. The Morgan fingerprint density at radius 2 is 2.28 bits per heavy atom. The topological polar surface area (TPSA) is 41.6 Å². The molecule has 104 valence electrons. The summed E-state index contributed by atoms with van der Waals surface area (Å²) in [5.41, 5.74) is 0. The number of carbonyl (C=O) groups excluding carboxylic acids is 1. The quantitative estimate of drug-likeness (QED) is 0.756. The lowest BCUT2D eigenvalue weighted by Gasteiger charge is -2.36. The average molecular weight is 254 g/mol. The van der Waals surface area contributed by atoms with E-state index in [0.29, 0.717) is 19.1 Å². The number of esters is 1. The number of hydrogen-bond donors (Lipinski definition) is 1. The number of carbonyl (C=O) groups is 1. The standard InChI is InChI=1S/C14H26N2O2/c1-3-18-14(17)9-11(2)15-12-6-8-16-7-4-5-13(16)10-12/h11-13,15H,3-10H2,1-2H3. The Kier molecular flexibility index (Phi) is 5.01. The predicted molar refractivity (Wildman–Crippen MR) is 71.5 cm³/mol. The van der Waals surface area contributed by atoms with Gasteiger partial charge in [0, 0.05) is 18.1 Å². The molecule has 2 aliphatic rings. The van der Waals surface area contributed by atoms with E-state index in [4.69, 9.17) is 4.74 Å². The lowest BCUT2D eigenvalue weighted by atomic mass is 9.96. The molecule has 0 radical (unpaired) electrons. The zero-order valence-electron chi connectivity index (χ0n) is 11.7. The summed E-state index contributed by atoms with van der Waals surface area (Å²) in [5, 5.41) is 3.59. The van der Waals surface area contributed by atoms with Gasteiger partial charge < -0.3 is 15.0 Å². The van der Waals surface area contributed by atoms with E-state index >= 15 is 0 Å². The molecule has 0 saturated carbocycles. The van der Waals surface area contributed by atoms with Gasteiger partial charge in [0.25, 0.3) is 0 Å². The summed E-state index contributed by atoms with van der Waals surface area (Å²) in [5.74, 6) is -0.0872. The number of rotatable bonds is 5. The summed E-state index contributed by atoms with van der Waals surface area (Å²) >= 11 is 0. The van der Waals surface area contributed by atoms with Gasteiger partial charge in [-0.2, -0.15) is 0 Å². The van der Waals surface area contributed by atoms with Crippen molar-refractivity contribution in [3.8, 4) is 0 Å². The van der Waals surface area contributed by atoms with Gasteiger partial charge in [-0.15, -0.1) is 0 Å². The van der Waals surface area contributed by atoms with Crippen LogP contribution in [0, 0.1) is 0 Å². The molecule has 0 aromatic rings. The minimum Gasteiger partial charge on any atom is -0.466 e. The van der Waals surface area contributed by atoms with E-state index in [-0.39, 0.29) is 12.0 Å². The maximum absolute atomic E-state index is 11.4. The van der Waals surface area contributed by atoms with Crippen LogP contribution in [0.15, 0.2) is 0 Å². The minimum atomic E-state index is -0.0872. The summed E-state index contributed by atoms with van der Waals surface area (Å²) < 4.78 is 4.98. The molecule has 2 heterocycles. The zero-order valence-corrected chi connectivity index (χ0v) is 11.7. The van der Waals surface area contributed by atoms with Crippen molar-refractivity contribution in [2.75, 3.05) is 19.7 Å². The van der Waals surface area contributed by atoms with Gasteiger partial charge in [-0.1, -0.05) is 0 Å². The second-order valence-corrected chi connectivity index (χ2v) is 5.63. The van der Waals surface area contributed by atoms with Crippen LogP contribution in [0.3, 0.4) is 0 Å². The molecular formula is C14H26N2O2. The van der Waals surface area contributed by atoms with Crippen LogP contribution >= 0.6 is 0 Å². The van der Waals surface area contributed by atoms with E-state index in [2.05, 4.69) is 17.1 Å². The van der Waals surface area contributed by atoms with Gasteiger partial charge in [0.1, 0.15) is 0 Å². The molecular weight excluding hydrogens is 228 g/mol. The second kappa shape index (κ2) is 6.53. The molecule has 2 aliphatic heterocycles. The molecule has 4 nitrogen and oxygen atoms in total. The fourth-order valence-corrected chi connectivity index (χ4v) is 3.31. The molecule has 0 bridgehead atoms. The lowest BCUT2D eigenvalue weighted by Crippen LogP contribution is -2.48. The zero-order chi connectivity index (χ0) is 13.0. The molecule has 0 aromatic carbocycles. The van der Waals surface area contributed by atoms with Crippen LogP contribution in [0.4, 0.5) is 0 Å². The molecule has 0 aliphatic carbocycles. The first-order chi connectivity index (χ1) is 8.69. The van der Waals surface area contributed by atoms with Gasteiger partial charge in [0.15, 0.2) is 0 Å². The summed E-state index contributed by atoms with van der Waals surface area (Å²) in [6.07, 6.45) is 5.65. The van der Waals surface area contributed by atoms with Crippen LogP contribution in [-0.4, -0.2) is 48.7 Å². The van der Waals surface area contributed by atoms with Crippen molar-refractivity contribution in [3.63, 3.8) is 0 Å². The van der Waals surface area contributed by atoms with Gasteiger partial charge in [0.05, 0.1) is 13.0 Å². The Morgan fingerprint density at radius 3 is 3.06 bits per heavy atom. The van der Waals surface area contributed by atoms with E-state index in [1.165, 1.54) is 38.8 Å². The SMILES string of the molecule is CCOC(=O)CC(C)NC1CCN2CCCC2C1. The molecule has 2 fully saturated rings. The largest absolute Gasteiger partial charge is 0.466 e. The number of nitrogens with zero attached hydrogens (tertiary/aromatic N) is 1. The fourth-order valence-electron chi connectivity index (χ4n) is 3.31. The number of piperidine rings is 1. The van der Waals surface area contributed by atoms with E-state index in [9.17, 15) is 4.79 Å². The van der Waals surface area contributed by atoms with Crippen molar-refractivity contribution >= 4 is 5.97 Å². The Labute approximate surface area is 110 Å². The van der Waals surface area contributed by atoms with E-state index in [1.807, 2.05) is 6.92 Å². The van der Waals surface area contributed by atoms with Crippen LogP contribution in [-0.2, 0) is 9.53 Å². The molecule has 0 amide bonds. The highest BCUT2D eigenvalue weighted by Gasteiger charge is 2.32. The highest BCUT2D eigenvalue weighted by Crippen LogP contribution is 2.27. The second-order valence-electron chi connectivity index (χ2n) is 5.63. The number of nitrogens with one attached hydrogen (secondary N) is 1. The number of hydrogen-bond acceptors (Lipinski definition) is 4. The molecule has 0 spiro atoms. The maximum Gasteiger partial charge on any atom is 0.307 e. The van der Waals surface area contributed by atoms with Crippen LogP contribution in [0.1, 0.15) is 46.0 Å². The van der Waals surface area contributed by atoms with Gasteiger partial charge in [0.2, 0.25) is 0 Å². The van der Waals surface area contributed by atoms with Gasteiger partial charge >= 0.3 is 5.97 Å². The summed E-state index contributed by atoms with van der Waals surface area (Å²) in [4.78, 5) is 14.0. The molecule has 2 rings (SSSR count). The van der Waals surface area contributed by atoms with Gasteiger partial charge in [-0.3, -0.25) is 4.79 Å². The Hall–Kier alpha value is -0.610. The monoisotopic (exact) mass is 254 g/mol. The first kappa shape index (κ1) is 13.8. The molecule has 3 unspecified atom stereocenters. The van der Waals surface area contributed by atoms with Gasteiger partial charge in [-0.25, -0.2) is 0 Å².